The Morgan fingerprint density at radius 1 is 1.40 bits per heavy atom. The van der Waals surface area contributed by atoms with Crippen molar-refractivity contribution in [3.05, 3.63) is 57.6 Å². The summed E-state index contributed by atoms with van der Waals surface area (Å²) >= 11 is 0. The molecule has 6 nitrogen and oxygen atoms in total. The van der Waals surface area contributed by atoms with Crippen molar-refractivity contribution in [2.45, 2.75) is 12.3 Å². The molecule has 1 heterocycles. The van der Waals surface area contributed by atoms with Crippen LogP contribution in [0.25, 0.3) is 0 Å². The van der Waals surface area contributed by atoms with E-state index in [0.717, 1.165) is 6.42 Å². The molecule has 0 fully saturated rings. The van der Waals surface area contributed by atoms with Gasteiger partial charge in [-0.2, -0.15) is 0 Å². The zero-order valence-electron chi connectivity index (χ0n) is 10.7. The molecule has 6 heteroatoms. The Balaban J connectivity index is 1.69. The molecule has 3 N–H and O–H groups in total. The van der Waals surface area contributed by atoms with E-state index in [9.17, 15) is 10.1 Å². The Kier molecular flexibility index (Phi) is 2.98. The number of nitrogens with two attached hydrogens (primary N) is 1. The minimum atomic E-state index is -0.470. The third kappa shape index (κ3) is 2.27. The highest BCUT2D eigenvalue weighted by Crippen LogP contribution is 2.34. The van der Waals surface area contributed by atoms with E-state index in [2.05, 4.69) is 22.4 Å². The highest BCUT2D eigenvalue weighted by atomic mass is 16.6. The van der Waals surface area contributed by atoms with Crippen LogP contribution in [0.3, 0.4) is 0 Å². The molecule has 1 aliphatic rings. The zero-order valence-corrected chi connectivity index (χ0v) is 10.7. The number of nitrogens with one attached hydrogen (secondary N) is 1. The Labute approximate surface area is 115 Å². The Morgan fingerprint density at radius 2 is 2.20 bits per heavy atom. The molecule has 0 spiro atoms. The van der Waals surface area contributed by atoms with Crippen LogP contribution >= 0.6 is 0 Å². The fourth-order valence-corrected chi connectivity index (χ4v) is 2.51. The summed E-state index contributed by atoms with van der Waals surface area (Å²) in [4.78, 5) is 14.4. The van der Waals surface area contributed by atoms with Gasteiger partial charge in [-0.25, -0.2) is 4.98 Å². The number of anilines is 2. The van der Waals surface area contributed by atoms with Crippen LogP contribution in [-0.4, -0.2) is 16.5 Å². The third-order valence-corrected chi connectivity index (χ3v) is 3.53. The molecule has 0 radical (unpaired) electrons. The SMILES string of the molecule is Nc1cc([N+](=O)[O-])cc(NCC2Cc3ccccc32)n1. The van der Waals surface area contributed by atoms with Gasteiger partial charge in [0.25, 0.3) is 5.69 Å². The van der Waals surface area contributed by atoms with E-state index < -0.39 is 4.92 Å². The first-order chi connectivity index (χ1) is 9.63. The Morgan fingerprint density at radius 3 is 2.95 bits per heavy atom. The van der Waals surface area contributed by atoms with E-state index in [0.29, 0.717) is 18.3 Å². The maximum Gasteiger partial charge on any atom is 0.276 e. The first-order valence-electron chi connectivity index (χ1n) is 6.37. The van der Waals surface area contributed by atoms with Crippen LogP contribution < -0.4 is 11.1 Å². The lowest BCUT2D eigenvalue weighted by Crippen LogP contribution is -2.24. The molecule has 20 heavy (non-hydrogen) atoms. The second-order valence-corrected chi connectivity index (χ2v) is 4.87. The zero-order chi connectivity index (χ0) is 14.1. The highest BCUT2D eigenvalue weighted by Gasteiger charge is 2.25. The average molecular weight is 270 g/mol. The average Bonchev–Trinajstić information content (AvgIpc) is 2.39. The van der Waals surface area contributed by atoms with Gasteiger partial charge in [-0.3, -0.25) is 10.1 Å². The molecular weight excluding hydrogens is 256 g/mol. The predicted molar refractivity (Wildman–Crippen MR) is 76.7 cm³/mol. The van der Waals surface area contributed by atoms with E-state index >= 15 is 0 Å². The maximum atomic E-state index is 10.8. The summed E-state index contributed by atoms with van der Waals surface area (Å²) < 4.78 is 0. The number of nitrogen functional groups attached to an aromatic ring is 1. The molecule has 0 bridgehead atoms. The lowest BCUT2D eigenvalue weighted by atomic mass is 9.77. The van der Waals surface area contributed by atoms with Crippen LogP contribution in [0.4, 0.5) is 17.3 Å². The molecule has 1 aliphatic carbocycles. The van der Waals surface area contributed by atoms with Crippen LogP contribution in [0.1, 0.15) is 17.0 Å². The molecule has 3 rings (SSSR count). The van der Waals surface area contributed by atoms with Crippen LogP contribution in [0.2, 0.25) is 0 Å². The van der Waals surface area contributed by atoms with E-state index in [4.69, 9.17) is 5.73 Å². The largest absolute Gasteiger partial charge is 0.383 e. The number of benzene rings is 1. The normalized spacial score (nSPS) is 16.1. The molecule has 1 atom stereocenters. The lowest BCUT2D eigenvalue weighted by molar-refractivity contribution is -0.384. The predicted octanol–water partition coefficient (Wildman–Crippen LogP) is 2.32. The quantitative estimate of drug-likeness (QED) is 0.656. The summed E-state index contributed by atoms with van der Waals surface area (Å²) in [7, 11) is 0. The van der Waals surface area contributed by atoms with E-state index in [1.807, 2.05) is 12.1 Å². The lowest BCUT2D eigenvalue weighted by Gasteiger charge is -2.30. The van der Waals surface area contributed by atoms with Crippen LogP contribution in [0.15, 0.2) is 36.4 Å². The molecule has 1 aromatic carbocycles. The summed E-state index contributed by atoms with van der Waals surface area (Å²) in [6, 6.07) is 10.9. The van der Waals surface area contributed by atoms with Crippen molar-refractivity contribution in [1.82, 2.24) is 4.98 Å². The van der Waals surface area contributed by atoms with Gasteiger partial charge < -0.3 is 11.1 Å². The summed E-state index contributed by atoms with van der Waals surface area (Å²) in [6.07, 6.45) is 1.02. The highest BCUT2D eigenvalue weighted by molar-refractivity contribution is 5.53. The molecule has 0 aliphatic heterocycles. The van der Waals surface area contributed by atoms with Crippen molar-refractivity contribution in [3.8, 4) is 0 Å². The Hall–Kier alpha value is -2.63. The fourth-order valence-electron chi connectivity index (χ4n) is 2.51. The van der Waals surface area contributed by atoms with Crippen LogP contribution in [0.5, 0.6) is 0 Å². The van der Waals surface area contributed by atoms with Gasteiger partial charge in [0.15, 0.2) is 0 Å². The topological polar surface area (TPSA) is 94.1 Å². The van der Waals surface area contributed by atoms with Gasteiger partial charge in [-0.15, -0.1) is 0 Å². The van der Waals surface area contributed by atoms with Crippen molar-refractivity contribution < 1.29 is 4.92 Å². The van der Waals surface area contributed by atoms with Gasteiger partial charge in [0.05, 0.1) is 17.1 Å². The van der Waals surface area contributed by atoms with Gasteiger partial charge in [0.1, 0.15) is 11.6 Å². The standard InChI is InChI=1S/C14H14N4O2/c15-13-6-11(18(19)20)7-14(17-13)16-8-10-5-9-3-1-2-4-12(9)10/h1-4,6-7,10H,5,8H2,(H3,15,16,17). The van der Waals surface area contributed by atoms with Crippen LogP contribution in [0, 0.1) is 10.1 Å². The molecular formula is C14H14N4O2. The summed E-state index contributed by atoms with van der Waals surface area (Å²) in [5, 5.41) is 13.9. The maximum absolute atomic E-state index is 10.8. The molecule has 0 saturated heterocycles. The monoisotopic (exact) mass is 270 g/mol. The van der Waals surface area contributed by atoms with Crippen molar-refractivity contribution in [2.24, 2.45) is 0 Å². The molecule has 2 aromatic rings. The smallest absolute Gasteiger partial charge is 0.276 e. The molecule has 1 aromatic heterocycles. The fraction of sp³-hybridized carbons (Fsp3) is 0.214. The van der Waals surface area contributed by atoms with Gasteiger partial charge in [0.2, 0.25) is 0 Å². The number of hydrogen-bond donors (Lipinski definition) is 2. The number of aromatic nitrogens is 1. The van der Waals surface area contributed by atoms with Gasteiger partial charge in [-0.1, -0.05) is 24.3 Å². The van der Waals surface area contributed by atoms with Crippen LogP contribution in [-0.2, 0) is 6.42 Å². The van der Waals surface area contributed by atoms with E-state index in [-0.39, 0.29) is 11.5 Å². The minimum absolute atomic E-state index is 0.0472. The number of hydrogen-bond acceptors (Lipinski definition) is 5. The molecule has 1 unspecified atom stereocenters. The minimum Gasteiger partial charge on any atom is -0.383 e. The first kappa shape index (κ1) is 12.4. The molecule has 102 valence electrons. The summed E-state index contributed by atoms with van der Waals surface area (Å²) in [5.41, 5.74) is 8.22. The number of pyridine rings is 1. The second kappa shape index (κ2) is 4.80. The van der Waals surface area contributed by atoms with E-state index in [1.54, 1.807) is 0 Å². The third-order valence-electron chi connectivity index (χ3n) is 3.53. The van der Waals surface area contributed by atoms with Crippen molar-refractivity contribution in [2.75, 3.05) is 17.6 Å². The van der Waals surface area contributed by atoms with Crippen molar-refractivity contribution in [3.63, 3.8) is 0 Å². The van der Waals surface area contributed by atoms with E-state index in [1.165, 1.54) is 23.3 Å². The number of rotatable bonds is 4. The number of fused-ring (bicyclic) bond motifs is 1. The first-order valence-corrected chi connectivity index (χ1v) is 6.37. The van der Waals surface area contributed by atoms with Gasteiger partial charge >= 0.3 is 0 Å². The Bertz CT molecular complexity index is 672. The molecule has 0 amide bonds. The molecule has 0 saturated carbocycles. The second-order valence-electron chi connectivity index (χ2n) is 4.87. The van der Waals surface area contributed by atoms with Gasteiger partial charge in [-0.05, 0) is 17.5 Å². The number of nitrogens with zero attached hydrogens (tertiary/aromatic N) is 2. The van der Waals surface area contributed by atoms with Crippen molar-refractivity contribution in [1.29, 1.82) is 0 Å². The summed E-state index contributed by atoms with van der Waals surface area (Å²) in [5.74, 6) is 1.02. The number of nitro groups is 1. The summed E-state index contributed by atoms with van der Waals surface area (Å²) in [6.45, 7) is 0.699. The van der Waals surface area contributed by atoms with Gasteiger partial charge in [0, 0.05) is 12.5 Å². The van der Waals surface area contributed by atoms with Crippen molar-refractivity contribution >= 4 is 17.3 Å².